The molecule has 0 fully saturated rings. The second kappa shape index (κ2) is 11.7. The number of hydrogen-bond donors (Lipinski definition) is 1. The van der Waals surface area contributed by atoms with Crippen molar-refractivity contribution >= 4 is 22.8 Å². The summed E-state index contributed by atoms with van der Waals surface area (Å²) in [5.41, 5.74) is 1.87. The normalized spacial score (nSPS) is 12.5. The summed E-state index contributed by atoms with van der Waals surface area (Å²) >= 11 is 0. The highest BCUT2D eigenvalue weighted by Crippen LogP contribution is 2.24. The molecule has 2 amide bonds. The molecule has 0 bridgehead atoms. The summed E-state index contributed by atoms with van der Waals surface area (Å²) in [6.45, 7) is 9.41. The fourth-order valence-corrected chi connectivity index (χ4v) is 3.73. The SMILES string of the molecule is CCOCCCN(C(=O)Cn1nnc2ccccc21)[C@@H](C(=O)NC(C)(C)CC)c1ccccc1. The lowest BCUT2D eigenvalue weighted by Gasteiger charge is -2.34. The van der Waals surface area contributed by atoms with Crippen molar-refractivity contribution in [3.63, 3.8) is 0 Å². The first-order valence-electron chi connectivity index (χ1n) is 11.9. The zero-order valence-electron chi connectivity index (χ0n) is 20.5. The third-order valence-corrected chi connectivity index (χ3v) is 5.94. The molecule has 0 unspecified atom stereocenters. The zero-order chi connectivity index (χ0) is 24.6. The van der Waals surface area contributed by atoms with Crippen molar-refractivity contribution in [2.24, 2.45) is 0 Å². The number of hydrogen-bond acceptors (Lipinski definition) is 5. The molecule has 0 spiro atoms. The van der Waals surface area contributed by atoms with Gasteiger partial charge in [0, 0.05) is 25.3 Å². The molecule has 3 aromatic rings. The molecule has 1 aromatic heterocycles. The first-order valence-corrected chi connectivity index (χ1v) is 11.9. The summed E-state index contributed by atoms with van der Waals surface area (Å²) in [5, 5.41) is 11.5. The summed E-state index contributed by atoms with van der Waals surface area (Å²) in [7, 11) is 0. The third kappa shape index (κ3) is 6.41. The minimum absolute atomic E-state index is 0.0110. The van der Waals surface area contributed by atoms with Gasteiger partial charge in [-0.25, -0.2) is 4.68 Å². The average molecular weight is 466 g/mol. The van der Waals surface area contributed by atoms with Crippen LogP contribution in [0.4, 0.5) is 0 Å². The third-order valence-electron chi connectivity index (χ3n) is 5.94. The van der Waals surface area contributed by atoms with Crippen molar-refractivity contribution in [2.75, 3.05) is 19.8 Å². The molecule has 8 heteroatoms. The van der Waals surface area contributed by atoms with Gasteiger partial charge in [0.25, 0.3) is 0 Å². The van der Waals surface area contributed by atoms with E-state index in [4.69, 9.17) is 4.74 Å². The number of carbonyl (C=O) groups is 2. The van der Waals surface area contributed by atoms with Crippen molar-refractivity contribution in [1.82, 2.24) is 25.2 Å². The molecule has 182 valence electrons. The Morgan fingerprint density at radius 1 is 1.09 bits per heavy atom. The Kier molecular flexibility index (Phi) is 8.76. The summed E-state index contributed by atoms with van der Waals surface area (Å²) in [6.07, 6.45) is 1.38. The van der Waals surface area contributed by atoms with Crippen LogP contribution in [-0.4, -0.2) is 57.0 Å². The largest absolute Gasteiger partial charge is 0.382 e. The number of rotatable bonds is 12. The van der Waals surface area contributed by atoms with Gasteiger partial charge in [-0.1, -0.05) is 54.6 Å². The van der Waals surface area contributed by atoms with Gasteiger partial charge in [-0.05, 0) is 51.3 Å². The Morgan fingerprint density at radius 3 is 2.50 bits per heavy atom. The van der Waals surface area contributed by atoms with Crippen LogP contribution in [0.25, 0.3) is 11.0 Å². The van der Waals surface area contributed by atoms with E-state index < -0.39 is 11.6 Å². The van der Waals surface area contributed by atoms with Crippen LogP contribution < -0.4 is 5.32 Å². The van der Waals surface area contributed by atoms with E-state index in [1.807, 2.05) is 82.3 Å². The Morgan fingerprint density at radius 2 is 1.79 bits per heavy atom. The summed E-state index contributed by atoms with van der Waals surface area (Å²) in [4.78, 5) is 28.9. The maximum atomic E-state index is 13.7. The van der Waals surface area contributed by atoms with E-state index >= 15 is 0 Å². The van der Waals surface area contributed by atoms with Crippen LogP contribution in [0, 0.1) is 0 Å². The average Bonchev–Trinajstić information content (AvgIpc) is 3.24. The van der Waals surface area contributed by atoms with Crippen LogP contribution >= 0.6 is 0 Å². The predicted molar refractivity (Wildman–Crippen MR) is 132 cm³/mol. The molecule has 0 aliphatic heterocycles. The quantitative estimate of drug-likeness (QED) is 0.412. The van der Waals surface area contributed by atoms with Gasteiger partial charge in [0.15, 0.2) is 0 Å². The van der Waals surface area contributed by atoms with E-state index in [9.17, 15) is 9.59 Å². The molecule has 1 atom stereocenters. The fourth-order valence-electron chi connectivity index (χ4n) is 3.73. The number of amides is 2. The summed E-state index contributed by atoms with van der Waals surface area (Å²) in [6, 6.07) is 16.2. The second-order valence-electron chi connectivity index (χ2n) is 8.91. The zero-order valence-corrected chi connectivity index (χ0v) is 20.5. The highest BCUT2D eigenvalue weighted by atomic mass is 16.5. The van der Waals surface area contributed by atoms with E-state index in [0.717, 1.165) is 23.0 Å². The molecule has 0 radical (unpaired) electrons. The van der Waals surface area contributed by atoms with E-state index in [-0.39, 0.29) is 18.4 Å². The van der Waals surface area contributed by atoms with Gasteiger partial charge in [0.05, 0.1) is 5.52 Å². The van der Waals surface area contributed by atoms with Gasteiger partial charge in [-0.2, -0.15) is 0 Å². The van der Waals surface area contributed by atoms with Gasteiger partial charge in [-0.15, -0.1) is 5.10 Å². The molecular weight excluding hydrogens is 430 g/mol. The summed E-state index contributed by atoms with van der Waals surface area (Å²) in [5.74, 6) is -0.406. The number of aromatic nitrogens is 3. The number of carbonyl (C=O) groups excluding carboxylic acids is 2. The topological polar surface area (TPSA) is 89.3 Å². The Bertz CT molecular complexity index is 1080. The fraction of sp³-hybridized carbons (Fsp3) is 0.462. The molecule has 0 aliphatic rings. The predicted octanol–water partition coefficient (Wildman–Crippen LogP) is 3.73. The number of para-hydroxylation sites is 1. The van der Waals surface area contributed by atoms with Crippen LogP contribution in [0.2, 0.25) is 0 Å². The minimum Gasteiger partial charge on any atom is -0.382 e. The lowest BCUT2D eigenvalue weighted by Crippen LogP contribution is -2.51. The number of benzene rings is 2. The van der Waals surface area contributed by atoms with Crippen LogP contribution in [-0.2, 0) is 20.9 Å². The van der Waals surface area contributed by atoms with Gasteiger partial charge in [0.2, 0.25) is 11.8 Å². The smallest absolute Gasteiger partial charge is 0.247 e. The van der Waals surface area contributed by atoms with Gasteiger partial charge in [0.1, 0.15) is 18.1 Å². The molecule has 1 N–H and O–H groups in total. The van der Waals surface area contributed by atoms with Crippen LogP contribution in [0.1, 0.15) is 52.1 Å². The summed E-state index contributed by atoms with van der Waals surface area (Å²) < 4.78 is 7.09. The molecule has 2 aromatic carbocycles. The van der Waals surface area contributed by atoms with Gasteiger partial charge in [-0.3, -0.25) is 9.59 Å². The standard InChI is InChI=1S/C26H35N5O3/c1-5-26(3,4)27-25(33)24(20-13-8-7-9-14-20)30(17-12-18-34-6-2)23(32)19-31-22-16-11-10-15-21(22)28-29-31/h7-11,13-16,24H,5-6,12,17-19H2,1-4H3,(H,27,33)/t24-/m1/s1. The van der Waals surface area contributed by atoms with Crippen molar-refractivity contribution < 1.29 is 14.3 Å². The van der Waals surface area contributed by atoms with Gasteiger partial charge >= 0.3 is 0 Å². The lowest BCUT2D eigenvalue weighted by molar-refractivity contribution is -0.142. The monoisotopic (exact) mass is 465 g/mol. The van der Waals surface area contributed by atoms with Crippen molar-refractivity contribution in [2.45, 2.75) is 58.7 Å². The Labute approximate surface area is 201 Å². The highest BCUT2D eigenvalue weighted by Gasteiger charge is 2.33. The second-order valence-corrected chi connectivity index (χ2v) is 8.91. The molecule has 0 aliphatic carbocycles. The lowest BCUT2D eigenvalue weighted by atomic mass is 9.98. The Hall–Kier alpha value is -3.26. The maximum absolute atomic E-state index is 13.7. The van der Waals surface area contributed by atoms with Crippen LogP contribution in [0.3, 0.4) is 0 Å². The molecule has 1 heterocycles. The molecule has 0 saturated heterocycles. The number of nitrogens with zero attached hydrogens (tertiary/aromatic N) is 4. The van der Waals surface area contributed by atoms with Crippen LogP contribution in [0.5, 0.6) is 0 Å². The van der Waals surface area contributed by atoms with Crippen LogP contribution in [0.15, 0.2) is 54.6 Å². The van der Waals surface area contributed by atoms with Gasteiger partial charge < -0.3 is 15.0 Å². The van der Waals surface area contributed by atoms with Crippen molar-refractivity contribution in [3.05, 3.63) is 60.2 Å². The Balaban J connectivity index is 1.94. The maximum Gasteiger partial charge on any atom is 0.247 e. The van der Waals surface area contributed by atoms with Crippen molar-refractivity contribution in [1.29, 1.82) is 0 Å². The van der Waals surface area contributed by atoms with E-state index in [2.05, 4.69) is 15.6 Å². The molecular formula is C26H35N5O3. The van der Waals surface area contributed by atoms with E-state index in [0.29, 0.717) is 26.2 Å². The molecule has 3 rings (SSSR count). The number of ether oxygens (including phenoxy) is 1. The van der Waals surface area contributed by atoms with Crippen molar-refractivity contribution in [3.8, 4) is 0 Å². The highest BCUT2D eigenvalue weighted by molar-refractivity contribution is 5.89. The molecule has 34 heavy (non-hydrogen) atoms. The number of fused-ring (bicyclic) bond motifs is 1. The first-order chi connectivity index (χ1) is 16.4. The molecule has 8 nitrogen and oxygen atoms in total. The molecule has 0 saturated carbocycles. The first kappa shape index (κ1) is 25.4. The minimum atomic E-state index is -0.768. The van der Waals surface area contributed by atoms with E-state index in [1.54, 1.807) is 9.58 Å². The van der Waals surface area contributed by atoms with E-state index in [1.165, 1.54) is 0 Å². The number of nitrogens with one attached hydrogen (secondary N) is 1.